The minimum atomic E-state index is 0.657. The van der Waals surface area contributed by atoms with Crippen LogP contribution in [-0.2, 0) is 17.9 Å². The van der Waals surface area contributed by atoms with E-state index in [-0.39, 0.29) is 0 Å². The molecule has 0 heterocycles. The van der Waals surface area contributed by atoms with Crippen LogP contribution in [0.4, 0.5) is 11.4 Å². The molecule has 0 aliphatic rings. The van der Waals surface area contributed by atoms with Gasteiger partial charge in [-0.2, -0.15) is 0 Å². The van der Waals surface area contributed by atoms with Crippen molar-refractivity contribution in [2.45, 2.75) is 13.2 Å². The molecule has 0 saturated heterocycles. The minimum Gasteiger partial charge on any atom is -0.380 e. The van der Waals surface area contributed by atoms with Crippen molar-refractivity contribution in [2.75, 3.05) is 31.4 Å². The molecular weight excluding hydrogens is 328 g/mol. The molecule has 0 unspecified atom stereocenters. The summed E-state index contributed by atoms with van der Waals surface area (Å²) in [7, 11) is 5.81. The smallest absolute Gasteiger partial charge is 0.0713 e. The number of ether oxygens (including phenoxy) is 1. The fourth-order valence-electron chi connectivity index (χ4n) is 2.16. The average molecular weight is 349 g/mol. The van der Waals surface area contributed by atoms with Gasteiger partial charge in [-0.3, -0.25) is 0 Å². The van der Waals surface area contributed by atoms with E-state index in [9.17, 15) is 0 Å². The van der Waals surface area contributed by atoms with Crippen LogP contribution in [0.2, 0.25) is 0 Å². The van der Waals surface area contributed by atoms with Gasteiger partial charge in [-0.05, 0) is 29.3 Å². The van der Waals surface area contributed by atoms with Gasteiger partial charge in [0.2, 0.25) is 0 Å². The molecule has 0 radical (unpaired) electrons. The molecule has 112 valence electrons. The highest BCUT2D eigenvalue weighted by Gasteiger charge is 2.05. The van der Waals surface area contributed by atoms with Gasteiger partial charge in [0.15, 0.2) is 0 Å². The second-order valence-corrected chi connectivity index (χ2v) is 6.07. The lowest BCUT2D eigenvalue weighted by molar-refractivity contribution is 0.185. The topological polar surface area (TPSA) is 24.5 Å². The second kappa shape index (κ2) is 7.48. The number of hydrogen-bond donors (Lipinski definition) is 1. The fraction of sp³-hybridized carbons (Fsp3) is 0.294. The number of anilines is 2. The lowest BCUT2D eigenvalue weighted by Crippen LogP contribution is -2.12. The van der Waals surface area contributed by atoms with Crippen LogP contribution in [0.1, 0.15) is 11.1 Å². The lowest BCUT2D eigenvalue weighted by Gasteiger charge is -2.19. The number of methoxy groups -OCH3 is 1. The molecule has 0 amide bonds. The third-order valence-electron chi connectivity index (χ3n) is 3.26. The van der Waals surface area contributed by atoms with Crippen LogP contribution in [0, 0.1) is 0 Å². The molecule has 21 heavy (non-hydrogen) atoms. The van der Waals surface area contributed by atoms with Crippen LogP contribution in [0.25, 0.3) is 0 Å². The van der Waals surface area contributed by atoms with Gasteiger partial charge < -0.3 is 15.0 Å². The predicted octanol–water partition coefficient (Wildman–Crippen LogP) is 4.27. The Morgan fingerprint density at radius 3 is 2.33 bits per heavy atom. The van der Waals surface area contributed by atoms with Crippen molar-refractivity contribution in [1.29, 1.82) is 0 Å². The summed E-state index contributed by atoms with van der Waals surface area (Å²) in [5.41, 5.74) is 4.74. The van der Waals surface area contributed by atoms with E-state index in [4.69, 9.17) is 4.74 Å². The average Bonchev–Trinajstić information content (AvgIpc) is 2.46. The maximum Gasteiger partial charge on any atom is 0.0713 e. The number of nitrogens with one attached hydrogen (secondary N) is 1. The lowest BCUT2D eigenvalue weighted by atomic mass is 10.1. The van der Waals surface area contributed by atoms with Gasteiger partial charge in [-0.25, -0.2) is 0 Å². The zero-order chi connectivity index (χ0) is 15.2. The van der Waals surface area contributed by atoms with Gasteiger partial charge >= 0.3 is 0 Å². The van der Waals surface area contributed by atoms with E-state index in [0.717, 1.165) is 16.7 Å². The number of benzene rings is 2. The molecule has 2 aromatic carbocycles. The summed E-state index contributed by atoms with van der Waals surface area (Å²) in [6, 6.07) is 14.7. The highest BCUT2D eigenvalue weighted by Crippen LogP contribution is 2.28. The molecule has 1 N–H and O–H groups in total. The molecule has 0 bridgehead atoms. The Bertz CT molecular complexity index is 582. The van der Waals surface area contributed by atoms with Gasteiger partial charge in [0, 0.05) is 32.2 Å². The summed E-state index contributed by atoms with van der Waals surface area (Å²) in [5, 5.41) is 3.50. The van der Waals surface area contributed by atoms with Crippen LogP contribution in [0.5, 0.6) is 0 Å². The Kier molecular flexibility index (Phi) is 5.65. The van der Waals surface area contributed by atoms with E-state index in [1.165, 1.54) is 16.8 Å². The molecule has 2 aromatic rings. The molecular formula is C17H21BrN2O. The first kappa shape index (κ1) is 15.9. The molecule has 0 aliphatic carbocycles. The summed E-state index contributed by atoms with van der Waals surface area (Å²) < 4.78 is 6.20. The Morgan fingerprint density at radius 1 is 1.05 bits per heavy atom. The number of halogens is 1. The van der Waals surface area contributed by atoms with Crippen molar-refractivity contribution >= 4 is 27.3 Å². The summed E-state index contributed by atoms with van der Waals surface area (Å²) in [4.78, 5) is 2.11. The highest BCUT2D eigenvalue weighted by molar-refractivity contribution is 9.10. The summed E-state index contributed by atoms with van der Waals surface area (Å²) in [5.74, 6) is 0. The Hall–Kier alpha value is -1.52. The molecule has 0 fully saturated rings. The monoisotopic (exact) mass is 348 g/mol. The van der Waals surface area contributed by atoms with Gasteiger partial charge in [0.25, 0.3) is 0 Å². The van der Waals surface area contributed by atoms with Crippen molar-refractivity contribution in [3.63, 3.8) is 0 Å². The van der Waals surface area contributed by atoms with Crippen LogP contribution >= 0.6 is 15.9 Å². The van der Waals surface area contributed by atoms with Crippen molar-refractivity contribution in [2.24, 2.45) is 0 Å². The quantitative estimate of drug-likeness (QED) is 0.843. The van der Waals surface area contributed by atoms with E-state index >= 15 is 0 Å². The number of hydrogen-bond acceptors (Lipinski definition) is 3. The number of nitrogens with zero attached hydrogens (tertiary/aromatic N) is 1. The van der Waals surface area contributed by atoms with Crippen LogP contribution in [-0.4, -0.2) is 21.2 Å². The third-order valence-corrected chi connectivity index (χ3v) is 3.75. The molecule has 4 heteroatoms. The van der Waals surface area contributed by atoms with Gasteiger partial charge in [-0.15, -0.1) is 0 Å². The van der Waals surface area contributed by atoms with Crippen molar-refractivity contribution in [1.82, 2.24) is 0 Å². The first-order valence-corrected chi connectivity index (χ1v) is 7.67. The van der Waals surface area contributed by atoms with E-state index < -0.39 is 0 Å². The molecule has 0 atom stereocenters. The maximum absolute atomic E-state index is 5.13. The van der Waals surface area contributed by atoms with Crippen LogP contribution in [0.15, 0.2) is 46.9 Å². The van der Waals surface area contributed by atoms with Gasteiger partial charge in [-0.1, -0.05) is 40.2 Å². The van der Waals surface area contributed by atoms with E-state index in [1.54, 1.807) is 7.11 Å². The summed E-state index contributed by atoms with van der Waals surface area (Å²) in [6.45, 7) is 1.45. The predicted molar refractivity (Wildman–Crippen MR) is 93.0 cm³/mol. The molecule has 0 saturated carbocycles. The van der Waals surface area contributed by atoms with Gasteiger partial charge in [0.05, 0.1) is 18.0 Å². The summed E-state index contributed by atoms with van der Waals surface area (Å²) >= 11 is 3.53. The zero-order valence-corrected chi connectivity index (χ0v) is 14.3. The van der Waals surface area contributed by atoms with Crippen LogP contribution < -0.4 is 10.2 Å². The Morgan fingerprint density at radius 2 is 1.71 bits per heavy atom. The molecule has 0 spiro atoms. The maximum atomic E-state index is 5.13. The standard InChI is InChI=1S/C17H21BrN2O/c1-20(2)17-9-8-15(18)10-16(17)19-11-13-4-6-14(7-5-13)12-21-3/h4-10,19H,11-12H2,1-3H3. The van der Waals surface area contributed by atoms with Crippen molar-refractivity contribution in [3.8, 4) is 0 Å². The summed E-state index contributed by atoms with van der Waals surface area (Å²) in [6.07, 6.45) is 0. The molecule has 3 nitrogen and oxygen atoms in total. The molecule has 0 aromatic heterocycles. The SMILES string of the molecule is COCc1ccc(CNc2cc(Br)ccc2N(C)C)cc1. The van der Waals surface area contributed by atoms with Gasteiger partial charge in [0.1, 0.15) is 0 Å². The first-order valence-electron chi connectivity index (χ1n) is 6.87. The molecule has 2 rings (SSSR count). The number of rotatable bonds is 6. The van der Waals surface area contributed by atoms with Crippen LogP contribution in [0.3, 0.4) is 0 Å². The molecule has 0 aliphatic heterocycles. The van der Waals surface area contributed by atoms with Crippen molar-refractivity contribution in [3.05, 3.63) is 58.1 Å². The largest absolute Gasteiger partial charge is 0.380 e. The zero-order valence-electron chi connectivity index (χ0n) is 12.7. The Labute approximate surface area is 135 Å². The first-order chi connectivity index (χ1) is 10.1. The normalized spacial score (nSPS) is 10.5. The minimum absolute atomic E-state index is 0.657. The third kappa shape index (κ3) is 4.48. The second-order valence-electron chi connectivity index (χ2n) is 5.16. The van der Waals surface area contributed by atoms with Crippen molar-refractivity contribution < 1.29 is 4.74 Å². The van der Waals surface area contributed by atoms with E-state index in [1.807, 2.05) is 14.1 Å². The Balaban J connectivity index is 2.07. The highest BCUT2D eigenvalue weighted by atomic mass is 79.9. The fourth-order valence-corrected chi connectivity index (χ4v) is 2.52. The van der Waals surface area contributed by atoms with E-state index in [0.29, 0.717) is 6.61 Å². The van der Waals surface area contributed by atoms with E-state index in [2.05, 4.69) is 68.6 Å².